The van der Waals surface area contributed by atoms with Gasteiger partial charge in [-0.25, -0.2) is 37.6 Å². The Hall–Kier alpha value is -5.37. The van der Waals surface area contributed by atoms with E-state index < -0.39 is 61.1 Å². The van der Waals surface area contributed by atoms with Crippen LogP contribution in [-0.4, -0.2) is 49.9 Å². The van der Waals surface area contributed by atoms with Gasteiger partial charge in [0.25, 0.3) is 0 Å². The van der Waals surface area contributed by atoms with Gasteiger partial charge in [-0.3, -0.25) is 13.6 Å². The van der Waals surface area contributed by atoms with E-state index >= 15 is 4.39 Å². The molecule has 0 unspecified atom stereocenters. The highest BCUT2D eigenvalue weighted by Crippen LogP contribution is 2.56. The number of thiazole rings is 1. The van der Waals surface area contributed by atoms with Gasteiger partial charge in [-0.1, -0.05) is 31.2 Å². The SMILES string of the molecule is C[C@@H](c1nc(-c2ccc(C#N)cc2)cs1)[C@@](Cn1cncn1)(OC(=O)OCOC(=O)c1ccc(COP(=O)(OC(C)(C)C)OC(C)(C)C)cc1)c1ccc(F)cc1F. The lowest BCUT2D eigenvalue weighted by Crippen LogP contribution is -2.43. The molecule has 0 bridgehead atoms. The Morgan fingerprint density at radius 1 is 0.948 bits per heavy atom. The molecular formula is C40H42F2N5O9PS. The van der Waals surface area contributed by atoms with Crippen molar-refractivity contribution < 1.29 is 50.7 Å². The number of carbonyl (C=O) groups excluding carboxylic acids is 2. The highest BCUT2D eigenvalue weighted by atomic mass is 32.1. The number of hydrogen-bond donors (Lipinski definition) is 0. The number of benzene rings is 3. The third-order valence-corrected chi connectivity index (χ3v) is 11.2. The molecule has 2 heterocycles. The van der Waals surface area contributed by atoms with Crippen LogP contribution in [0.4, 0.5) is 13.6 Å². The Morgan fingerprint density at radius 2 is 1.62 bits per heavy atom. The Morgan fingerprint density at radius 3 is 2.21 bits per heavy atom. The number of phosphoric acid groups is 1. The fourth-order valence-electron chi connectivity index (χ4n) is 5.58. The van der Waals surface area contributed by atoms with Crippen molar-refractivity contribution in [2.24, 2.45) is 0 Å². The third-order valence-electron chi connectivity index (χ3n) is 8.13. The number of ether oxygens (including phenoxy) is 3. The summed E-state index contributed by atoms with van der Waals surface area (Å²) >= 11 is 1.21. The van der Waals surface area contributed by atoms with E-state index in [4.69, 9.17) is 32.8 Å². The van der Waals surface area contributed by atoms with E-state index in [9.17, 15) is 23.8 Å². The molecule has 0 N–H and O–H groups in total. The zero-order chi connectivity index (χ0) is 42.3. The fourth-order valence-corrected chi connectivity index (χ4v) is 8.34. The van der Waals surface area contributed by atoms with Gasteiger partial charge < -0.3 is 14.2 Å². The van der Waals surface area contributed by atoms with E-state index in [0.29, 0.717) is 33.5 Å². The topological polar surface area (TPSA) is 174 Å². The number of aromatic nitrogens is 4. The summed E-state index contributed by atoms with van der Waals surface area (Å²) in [5.41, 5.74) is -1.48. The van der Waals surface area contributed by atoms with Crippen LogP contribution >= 0.6 is 19.2 Å². The lowest BCUT2D eigenvalue weighted by Gasteiger charge is -2.37. The van der Waals surface area contributed by atoms with Gasteiger partial charge in [-0.2, -0.15) is 10.4 Å². The maximum Gasteiger partial charge on any atom is 0.512 e. The summed E-state index contributed by atoms with van der Waals surface area (Å²) < 4.78 is 77.9. The Labute approximate surface area is 338 Å². The van der Waals surface area contributed by atoms with E-state index in [-0.39, 0.29) is 24.3 Å². The second kappa shape index (κ2) is 18.0. The smallest absolute Gasteiger partial charge is 0.424 e. The molecule has 0 saturated carbocycles. The minimum Gasteiger partial charge on any atom is -0.424 e. The number of nitrogens with zero attached hydrogens (tertiary/aromatic N) is 5. The van der Waals surface area contributed by atoms with Crippen LogP contribution in [0.2, 0.25) is 0 Å². The molecule has 14 nitrogen and oxygen atoms in total. The first kappa shape index (κ1) is 43.7. The largest absolute Gasteiger partial charge is 0.512 e. The summed E-state index contributed by atoms with van der Waals surface area (Å²) in [5, 5.41) is 15.5. The summed E-state index contributed by atoms with van der Waals surface area (Å²) in [4.78, 5) is 35.1. The molecule has 0 aliphatic carbocycles. The van der Waals surface area contributed by atoms with Crippen molar-refractivity contribution in [2.75, 3.05) is 6.79 Å². The molecule has 2 atom stereocenters. The number of rotatable bonds is 15. The monoisotopic (exact) mass is 837 g/mol. The number of nitriles is 1. The van der Waals surface area contributed by atoms with Gasteiger partial charge in [0.15, 0.2) is 5.60 Å². The van der Waals surface area contributed by atoms with Crippen LogP contribution in [0, 0.1) is 23.0 Å². The predicted molar refractivity (Wildman–Crippen MR) is 207 cm³/mol. The van der Waals surface area contributed by atoms with Crippen molar-refractivity contribution in [3.05, 3.63) is 124 Å². The molecule has 0 spiro atoms. The molecule has 0 amide bonds. The number of phosphoric ester groups is 1. The average molecular weight is 838 g/mol. The standard InChI is InChI=1S/C40H42F2N5O9PS/c1-26(35-46-34(21-58-35)29-12-8-27(19-43)9-13-29)40(22-47-24-44-23-45-47,32-17-16-31(41)18-33(32)42)54-37(49)52-25-51-36(48)30-14-10-28(11-15-30)20-53-57(50,55-38(2,3)4)56-39(5,6)7/h8-18,21,23-24,26H,20,22,25H2,1-7H3/t26-,40+/m0/s1. The van der Waals surface area contributed by atoms with Gasteiger partial charge >= 0.3 is 19.9 Å². The fraction of sp³-hybridized carbons (Fsp3) is 0.350. The number of carbonyl (C=O) groups is 2. The van der Waals surface area contributed by atoms with Gasteiger partial charge in [-0.05, 0) is 83.5 Å². The molecule has 0 fully saturated rings. The molecule has 5 aromatic rings. The molecular weight excluding hydrogens is 796 g/mol. The first-order chi connectivity index (χ1) is 27.3. The Balaban J connectivity index is 1.32. The molecule has 0 saturated heterocycles. The van der Waals surface area contributed by atoms with Crippen LogP contribution in [0.25, 0.3) is 11.3 Å². The van der Waals surface area contributed by atoms with Gasteiger partial charge in [-0.15, -0.1) is 11.3 Å². The van der Waals surface area contributed by atoms with Gasteiger partial charge in [0, 0.05) is 22.6 Å². The van der Waals surface area contributed by atoms with Crippen LogP contribution in [0.3, 0.4) is 0 Å². The molecule has 5 rings (SSSR count). The molecule has 0 aliphatic heterocycles. The first-order valence-corrected chi connectivity index (χ1v) is 20.1. The molecule has 0 radical (unpaired) electrons. The van der Waals surface area contributed by atoms with E-state index in [2.05, 4.69) is 16.2 Å². The summed E-state index contributed by atoms with van der Waals surface area (Å²) in [5.74, 6) is -3.65. The van der Waals surface area contributed by atoms with E-state index in [1.807, 2.05) is 0 Å². The minimum atomic E-state index is -3.99. The second-order valence-corrected chi connectivity index (χ2v) is 17.4. The van der Waals surface area contributed by atoms with Crippen LogP contribution in [0.5, 0.6) is 0 Å². The second-order valence-electron chi connectivity index (χ2n) is 15.0. The Bertz CT molecular complexity index is 2270. The van der Waals surface area contributed by atoms with Gasteiger partial charge in [0.1, 0.15) is 29.3 Å². The van der Waals surface area contributed by atoms with Crippen molar-refractivity contribution in [3.63, 3.8) is 0 Å². The minimum absolute atomic E-state index is 0.0881. The van der Waals surface area contributed by atoms with Crippen molar-refractivity contribution in [1.29, 1.82) is 5.26 Å². The quantitative estimate of drug-likeness (QED) is 0.0555. The van der Waals surface area contributed by atoms with E-state index in [0.717, 1.165) is 12.1 Å². The summed E-state index contributed by atoms with van der Waals surface area (Å²) in [6, 6.07) is 17.6. The predicted octanol–water partition coefficient (Wildman–Crippen LogP) is 9.47. The molecule has 18 heteroatoms. The van der Waals surface area contributed by atoms with Crippen molar-refractivity contribution in [1.82, 2.24) is 19.7 Å². The molecule has 3 aromatic carbocycles. The van der Waals surface area contributed by atoms with Crippen LogP contribution in [-0.2, 0) is 51.1 Å². The molecule has 58 heavy (non-hydrogen) atoms. The van der Waals surface area contributed by atoms with Crippen molar-refractivity contribution >= 4 is 31.3 Å². The van der Waals surface area contributed by atoms with Crippen LogP contribution in [0.15, 0.2) is 84.8 Å². The third kappa shape index (κ3) is 11.6. The average Bonchev–Trinajstić information content (AvgIpc) is 3.85. The summed E-state index contributed by atoms with van der Waals surface area (Å²) in [7, 11) is -3.99. The maximum atomic E-state index is 15.8. The number of esters is 1. The molecule has 2 aromatic heterocycles. The Kier molecular flexibility index (Phi) is 13.6. The zero-order valence-electron chi connectivity index (χ0n) is 32.8. The molecule has 306 valence electrons. The first-order valence-electron chi connectivity index (χ1n) is 17.8. The van der Waals surface area contributed by atoms with Crippen LogP contribution in [0.1, 0.15) is 86.4 Å². The zero-order valence-corrected chi connectivity index (χ0v) is 34.5. The maximum absolute atomic E-state index is 15.8. The highest BCUT2D eigenvalue weighted by molar-refractivity contribution is 7.48. The highest BCUT2D eigenvalue weighted by Gasteiger charge is 2.48. The van der Waals surface area contributed by atoms with Crippen molar-refractivity contribution in [3.8, 4) is 17.3 Å². The van der Waals surface area contributed by atoms with Crippen LogP contribution < -0.4 is 0 Å². The van der Waals surface area contributed by atoms with E-state index in [1.165, 1.54) is 40.8 Å². The van der Waals surface area contributed by atoms with Gasteiger partial charge in [0.05, 0.1) is 53.2 Å². The lowest BCUT2D eigenvalue weighted by molar-refractivity contribution is -0.0882. The van der Waals surface area contributed by atoms with Gasteiger partial charge in [0.2, 0.25) is 6.79 Å². The number of halogens is 2. The normalized spacial score (nSPS) is 13.6. The number of hydrogen-bond acceptors (Lipinski definition) is 14. The van der Waals surface area contributed by atoms with E-state index in [1.54, 1.807) is 90.2 Å². The summed E-state index contributed by atoms with van der Waals surface area (Å²) in [6.45, 7) is 10.6. The lowest BCUT2D eigenvalue weighted by atomic mass is 9.81. The molecule has 0 aliphatic rings. The summed E-state index contributed by atoms with van der Waals surface area (Å²) in [6.07, 6.45) is 1.22. The van der Waals surface area contributed by atoms with Crippen molar-refractivity contribution in [2.45, 2.75) is 84.3 Å².